The molecule has 0 rings (SSSR count). The average molecular weight is 206 g/mol. The third kappa shape index (κ3) is 5.54. The van der Waals surface area contributed by atoms with Gasteiger partial charge in [0.2, 0.25) is 0 Å². The molecule has 0 radical (unpaired) electrons. The minimum Gasteiger partial charge on any atom is -0.297 e. The molecular weight excluding hydrogens is 192 g/mol. The second-order valence-electron chi connectivity index (χ2n) is 2.70. The second kappa shape index (κ2) is 5.88. The predicted molar refractivity (Wildman–Crippen MR) is 49.8 cm³/mol. The van der Waals surface area contributed by atoms with Crippen LogP contribution in [0.2, 0.25) is 0 Å². The zero-order chi connectivity index (χ0) is 10.3. The number of rotatable bonds is 6. The number of allylic oxidation sites excluding steroid dienone is 2. The number of carbonyl (C=O) groups is 1. The monoisotopic (exact) mass is 206 g/mol. The van der Waals surface area contributed by atoms with E-state index in [9.17, 15) is 13.2 Å². The minimum atomic E-state index is -4.31. The highest BCUT2D eigenvalue weighted by atomic mass is 32.2. The third-order valence-electron chi connectivity index (χ3n) is 1.57. The molecule has 0 unspecified atom stereocenters. The molecule has 0 heterocycles. The van der Waals surface area contributed by atoms with Crippen molar-refractivity contribution in [2.75, 3.05) is 0 Å². The van der Waals surface area contributed by atoms with Gasteiger partial charge in [-0.3, -0.25) is 9.35 Å². The lowest BCUT2D eigenvalue weighted by Gasteiger charge is -1.95. The lowest BCUT2D eigenvalue weighted by molar-refractivity contribution is -0.104. The zero-order valence-electron chi connectivity index (χ0n) is 7.56. The van der Waals surface area contributed by atoms with Crippen molar-refractivity contribution in [1.29, 1.82) is 0 Å². The highest BCUT2D eigenvalue weighted by molar-refractivity contribution is 7.90. The number of carbonyl (C=O) groups excluding carboxylic acids is 1. The molecule has 5 heteroatoms. The van der Waals surface area contributed by atoms with Crippen molar-refractivity contribution in [3.8, 4) is 0 Å². The van der Waals surface area contributed by atoms with Crippen LogP contribution in [-0.4, -0.2) is 19.3 Å². The van der Waals surface area contributed by atoms with Gasteiger partial charge in [0.25, 0.3) is 10.1 Å². The first-order valence-corrected chi connectivity index (χ1v) is 5.59. The fourth-order valence-electron chi connectivity index (χ4n) is 0.853. The Kier molecular flexibility index (Phi) is 5.57. The van der Waals surface area contributed by atoms with Gasteiger partial charge in [0.15, 0.2) is 6.29 Å². The van der Waals surface area contributed by atoms with Crippen LogP contribution in [0.5, 0.6) is 0 Å². The Labute approximate surface area is 78.4 Å². The van der Waals surface area contributed by atoms with Crippen molar-refractivity contribution in [3.05, 3.63) is 11.0 Å². The number of aldehydes is 1. The van der Waals surface area contributed by atoms with Gasteiger partial charge in [-0.05, 0) is 12.8 Å². The molecule has 0 aromatic heterocycles. The molecule has 0 bridgehead atoms. The average Bonchev–Trinajstić information content (AvgIpc) is 2.02. The molecular formula is C8H14O4S. The molecule has 0 aliphatic rings. The largest absolute Gasteiger partial charge is 0.297 e. The maximum atomic E-state index is 10.5. The summed E-state index contributed by atoms with van der Waals surface area (Å²) in [6.07, 6.45) is 4.73. The fraction of sp³-hybridized carbons (Fsp3) is 0.625. The van der Waals surface area contributed by atoms with Gasteiger partial charge >= 0.3 is 0 Å². The normalized spacial score (nSPS) is 12.9. The Morgan fingerprint density at radius 1 is 1.38 bits per heavy atom. The molecule has 0 atom stereocenters. The summed E-state index contributed by atoms with van der Waals surface area (Å²) in [6.45, 7) is 2.02. The Morgan fingerprint density at radius 3 is 2.38 bits per heavy atom. The number of hydrogen-bond acceptors (Lipinski definition) is 3. The summed E-state index contributed by atoms with van der Waals surface area (Å²) in [4.78, 5) is 9.67. The van der Waals surface area contributed by atoms with Crippen LogP contribution in [0, 0.1) is 0 Å². The van der Waals surface area contributed by atoms with Crippen LogP contribution in [0.3, 0.4) is 0 Å². The second-order valence-corrected chi connectivity index (χ2v) is 4.12. The maximum Gasteiger partial charge on any atom is 0.297 e. The molecule has 1 N–H and O–H groups in total. The first-order chi connectivity index (χ1) is 6.02. The smallest absolute Gasteiger partial charge is 0.297 e. The summed E-state index contributed by atoms with van der Waals surface area (Å²) in [5.41, 5.74) is 0. The SMILES string of the molecule is CCCCC/C=C(/C=O)S(=O)(=O)O. The Morgan fingerprint density at radius 2 is 2.00 bits per heavy atom. The van der Waals surface area contributed by atoms with Crippen LogP contribution in [0.25, 0.3) is 0 Å². The van der Waals surface area contributed by atoms with Crippen molar-refractivity contribution >= 4 is 16.4 Å². The van der Waals surface area contributed by atoms with Gasteiger partial charge in [0.05, 0.1) is 0 Å². The Bertz CT molecular complexity index is 277. The molecule has 0 saturated carbocycles. The lowest BCUT2D eigenvalue weighted by Crippen LogP contribution is -2.02. The molecule has 0 amide bonds. The summed E-state index contributed by atoms with van der Waals surface area (Å²) < 4.78 is 29.5. The Balaban J connectivity index is 4.18. The van der Waals surface area contributed by atoms with E-state index in [0.717, 1.165) is 19.3 Å². The van der Waals surface area contributed by atoms with Gasteiger partial charge in [0, 0.05) is 0 Å². The summed E-state index contributed by atoms with van der Waals surface area (Å²) in [6, 6.07) is 0. The highest BCUT2D eigenvalue weighted by Crippen LogP contribution is 2.06. The van der Waals surface area contributed by atoms with Gasteiger partial charge in [-0.1, -0.05) is 25.8 Å². The molecule has 13 heavy (non-hydrogen) atoms. The van der Waals surface area contributed by atoms with Crippen LogP contribution in [-0.2, 0) is 14.9 Å². The van der Waals surface area contributed by atoms with E-state index in [2.05, 4.69) is 0 Å². The van der Waals surface area contributed by atoms with E-state index in [-0.39, 0.29) is 6.29 Å². The van der Waals surface area contributed by atoms with Crippen LogP contribution in [0.1, 0.15) is 32.6 Å². The van der Waals surface area contributed by atoms with Crippen LogP contribution < -0.4 is 0 Å². The van der Waals surface area contributed by atoms with E-state index < -0.39 is 15.0 Å². The van der Waals surface area contributed by atoms with Crippen molar-refractivity contribution in [2.24, 2.45) is 0 Å². The van der Waals surface area contributed by atoms with E-state index in [0.29, 0.717) is 6.42 Å². The topological polar surface area (TPSA) is 71.4 Å². The molecule has 0 spiro atoms. The van der Waals surface area contributed by atoms with Crippen LogP contribution >= 0.6 is 0 Å². The molecule has 0 aromatic rings. The predicted octanol–water partition coefficient (Wildman–Crippen LogP) is 1.54. The van der Waals surface area contributed by atoms with E-state index in [4.69, 9.17) is 4.55 Å². The molecule has 0 aliphatic heterocycles. The first-order valence-electron chi connectivity index (χ1n) is 4.15. The standard InChI is InChI=1S/C8H14O4S/c1-2-3-4-5-6-8(7-9)13(10,11)12/h6-7H,2-5H2,1H3,(H,10,11,12)/b8-6-. The van der Waals surface area contributed by atoms with Crippen molar-refractivity contribution in [2.45, 2.75) is 32.6 Å². The molecule has 0 aromatic carbocycles. The fourth-order valence-corrected chi connectivity index (χ4v) is 1.30. The van der Waals surface area contributed by atoms with Gasteiger partial charge in [-0.25, -0.2) is 0 Å². The lowest BCUT2D eigenvalue weighted by atomic mass is 10.2. The number of unbranched alkanes of at least 4 members (excludes halogenated alkanes) is 3. The number of hydrogen-bond donors (Lipinski definition) is 1. The van der Waals surface area contributed by atoms with Gasteiger partial charge < -0.3 is 0 Å². The molecule has 0 fully saturated rings. The summed E-state index contributed by atoms with van der Waals surface area (Å²) in [7, 11) is -4.31. The van der Waals surface area contributed by atoms with Crippen molar-refractivity contribution in [1.82, 2.24) is 0 Å². The zero-order valence-corrected chi connectivity index (χ0v) is 8.38. The van der Waals surface area contributed by atoms with Crippen molar-refractivity contribution < 1.29 is 17.8 Å². The molecule has 76 valence electrons. The van der Waals surface area contributed by atoms with E-state index >= 15 is 0 Å². The van der Waals surface area contributed by atoms with Crippen LogP contribution in [0.15, 0.2) is 11.0 Å². The third-order valence-corrected chi connectivity index (χ3v) is 2.43. The minimum absolute atomic E-state index is 0.154. The van der Waals surface area contributed by atoms with E-state index in [1.165, 1.54) is 6.08 Å². The molecule has 4 nitrogen and oxygen atoms in total. The molecule has 0 saturated heterocycles. The van der Waals surface area contributed by atoms with Crippen LogP contribution in [0.4, 0.5) is 0 Å². The van der Waals surface area contributed by atoms with Crippen molar-refractivity contribution in [3.63, 3.8) is 0 Å². The molecule has 0 aliphatic carbocycles. The maximum absolute atomic E-state index is 10.5. The Hall–Kier alpha value is -0.680. The van der Waals surface area contributed by atoms with E-state index in [1.807, 2.05) is 6.92 Å². The van der Waals surface area contributed by atoms with E-state index in [1.54, 1.807) is 0 Å². The first kappa shape index (κ1) is 12.3. The van der Waals surface area contributed by atoms with Gasteiger partial charge in [-0.15, -0.1) is 0 Å². The van der Waals surface area contributed by atoms with Gasteiger partial charge in [-0.2, -0.15) is 8.42 Å². The highest BCUT2D eigenvalue weighted by Gasteiger charge is 2.11. The summed E-state index contributed by atoms with van der Waals surface area (Å²) >= 11 is 0. The summed E-state index contributed by atoms with van der Waals surface area (Å²) in [5, 5.41) is 0. The van der Waals surface area contributed by atoms with Gasteiger partial charge in [0.1, 0.15) is 4.91 Å². The summed E-state index contributed by atoms with van der Waals surface area (Å²) in [5.74, 6) is 0. The quantitative estimate of drug-likeness (QED) is 0.309.